The molecule has 1 amide bonds. The summed E-state index contributed by atoms with van der Waals surface area (Å²) in [4.78, 5) is 12.1. The fourth-order valence-corrected chi connectivity index (χ4v) is 3.22. The Morgan fingerprint density at radius 1 is 1.25 bits per heavy atom. The molecule has 0 radical (unpaired) electrons. The van der Waals surface area contributed by atoms with E-state index in [0.29, 0.717) is 5.92 Å². The highest BCUT2D eigenvalue weighted by Gasteiger charge is 2.20. The molecular weight excluding hydrogens is 314 g/mol. The average molecular weight is 338 g/mol. The molecule has 2 nitrogen and oxygen atoms in total. The van der Waals surface area contributed by atoms with Gasteiger partial charge in [0.25, 0.3) is 5.91 Å². The molecule has 1 N–H and O–H groups in total. The summed E-state index contributed by atoms with van der Waals surface area (Å²) in [5, 5.41) is 3.09. The normalized spacial score (nSPS) is 22.6. The number of benzene rings is 1. The number of hydrogen-bond donors (Lipinski definition) is 1. The summed E-state index contributed by atoms with van der Waals surface area (Å²) in [7, 11) is 0. The van der Waals surface area contributed by atoms with E-state index in [9.17, 15) is 4.79 Å². The Hall–Kier alpha value is -0.830. The first-order valence-electron chi connectivity index (χ1n) is 7.64. The van der Waals surface area contributed by atoms with Crippen molar-refractivity contribution in [3.05, 3.63) is 33.8 Å². The van der Waals surface area contributed by atoms with E-state index in [2.05, 4.69) is 28.2 Å². The minimum atomic E-state index is 0.0539. The molecule has 0 unspecified atom stereocenters. The van der Waals surface area contributed by atoms with Crippen LogP contribution in [0.15, 0.2) is 22.7 Å². The molecule has 20 heavy (non-hydrogen) atoms. The maximum atomic E-state index is 12.1. The molecule has 3 heteroatoms. The molecule has 0 bridgehead atoms. The van der Waals surface area contributed by atoms with E-state index in [0.717, 1.165) is 28.1 Å². The average Bonchev–Trinajstić information content (AvgIpc) is 2.48. The van der Waals surface area contributed by atoms with E-state index in [-0.39, 0.29) is 5.91 Å². The Labute approximate surface area is 130 Å². The second-order valence-corrected chi connectivity index (χ2v) is 6.82. The molecular formula is C17H24BrNO. The molecule has 0 atom stereocenters. The standard InChI is InChI=1S/C17H24BrNO/c1-3-13-4-6-14(7-5-13)11-19-17(20)15-8-9-16(18)12(2)10-15/h8-10,13-14H,3-7,11H2,1-2H3,(H,19,20). The van der Waals surface area contributed by atoms with E-state index in [1.807, 2.05) is 25.1 Å². The SMILES string of the molecule is CCC1CCC(CNC(=O)c2ccc(Br)c(C)c2)CC1. The Morgan fingerprint density at radius 3 is 2.50 bits per heavy atom. The topological polar surface area (TPSA) is 29.1 Å². The predicted octanol–water partition coefficient (Wildman–Crippen LogP) is 4.70. The molecule has 2 rings (SSSR count). The number of halogens is 1. The molecule has 1 aliphatic rings. The van der Waals surface area contributed by atoms with Crippen LogP contribution in [-0.2, 0) is 0 Å². The third-order valence-corrected chi connectivity index (χ3v) is 5.40. The zero-order valence-electron chi connectivity index (χ0n) is 12.4. The lowest BCUT2D eigenvalue weighted by atomic mass is 9.81. The van der Waals surface area contributed by atoms with Crippen LogP contribution in [0.1, 0.15) is 54.9 Å². The van der Waals surface area contributed by atoms with Gasteiger partial charge in [0.15, 0.2) is 0 Å². The maximum Gasteiger partial charge on any atom is 0.251 e. The zero-order chi connectivity index (χ0) is 14.5. The minimum absolute atomic E-state index is 0.0539. The largest absolute Gasteiger partial charge is 0.352 e. The van der Waals surface area contributed by atoms with Gasteiger partial charge in [0.2, 0.25) is 0 Å². The molecule has 1 saturated carbocycles. The molecule has 0 heterocycles. The Bertz CT molecular complexity index is 464. The van der Waals surface area contributed by atoms with E-state index >= 15 is 0 Å². The lowest BCUT2D eigenvalue weighted by Crippen LogP contribution is -2.31. The van der Waals surface area contributed by atoms with Crippen molar-refractivity contribution < 1.29 is 4.79 Å². The fourth-order valence-electron chi connectivity index (χ4n) is 2.97. The van der Waals surface area contributed by atoms with Gasteiger partial charge in [-0.1, -0.05) is 42.1 Å². The van der Waals surface area contributed by atoms with Gasteiger partial charge in [0.05, 0.1) is 0 Å². The van der Waals surface area contributed by atoms with Gasteiger partial charge in [0, 0.05) is 16.6 Å². The Morgan fingerprint density at radius 2 is 1.90 bits per heavy atom. The molecule has 1 aromatic rings. The van der Waals surface area contributed by atoms with E-state index in [1.54, 1.807) is 0 Å². The third-order valence-electron chi connectivity index (χ3n) is 4.52. The summed E-state index contributed by atoms with van der Waals surface area (Å²) in [6, 6.07) is 5.75. The van der Waals surface area contributed by atoms with Crippen molar-refractivity contribution >= 4 is 21.8 Å². The van der Waals surface area contributed by atoms with Gasteiger partial charge in [-0.3, -0.25) is 4.79 Å². The number of rotatable bonds is 4. The number of nitrogens with one attached hydrogen (secondary N) is 1. The van der Waals surface area contributed by atoms with Crippen molar-refractivity contribution in [2.45, 2.75) is 46.0 Å². The molecule has 110 valence electrons. The number of aryl methyl sites for hydroxylation is 1. The Balaban J connectivity index is 1.82. The Kier molecular flexibility index (Phi) is 5.64. The highest BCUT2D eigenvalue weighted by Crippen LogP contribution is 2.30. The summed E-state index contributed by atoms with van der Waals surface area (Å²) >= 11 is 3.46. The highest BCUT2D eigenvalue weighted by molar-refractivity contribution is 9.10. The van der Waals surface area contributed by atoms with Gasteiger partial charge in [0.1, 0.15) is 0 Å². The van der Waals surface area contributed by atoms with Crippen LogP contribution in [0.5, 0.6) is 0 Å². The van der Waals surface area contributed by atoms with Crippen LogP contribution in [0.4, 0.5) is 0 Å². The second-order valence-electron chi connectivity index (χ2n) is 5.97. The van der Waals surface area contributed by atoms with Crippen LogP contribution >= 0.6 is 15.9 Å². The van der Waals surface area contributed by atoms with Gasteiger partial charge in [-0.25, -0.2) is 0 Å². The molecule has 0 saturated heterocycles. The number of amides is 1. The molecule has 0 aliphatic heterocycles. The van der Waals surface area contributed by atoms with Crippen LogP contribution in [-0.4, -0.2) is 12.5 Å². The number of carbonyl (C=O) groups excluding carboxylic acids is 1. The summed E-state index contributed by atoms with van der Waals surface area (Å²) in [6.45, 7) is 5.11. The summed E-state index contributed by atoms with van der Waals surface area (Å²) in [5.41, 5.74) is 1.86. The van der Waals surface area contributed by atoms with Crippen molar-refractivity contribution in [3.8, 4) is 0 Å². The van der Waals surface area contributed by atoms with Crippen LogP contribution in [0, 0.1) is 18.8 Å². The van der Waals surface area contributed by atoms with Gasteiger partial charge in [-0.2, -0.15) is 0 Å². The molecule has 1 aromatic carbocycles. The molecule has 0 spiro atoms. The smallest absolute Gasteiger partial charge is 0.251 e. The van der Waals surface area contributed by atoms with Crippen LogP contribution in [0.25, 0.3) is 0 Å². The van der Waals surface area contributed by atoms with Crippen molar-refractivity contribution in [2.24, 2.45) is 11.8 Å². The predicted molar refractivity (Wildman–Crippen MR) is 87.0 cm³/mol. The summed E-state index contributed by atoms with van der Waals surface area (Å²) in [6.07, 6.45) is 6.48. The summed E-state index contributed by atoms with van der Waals surface area (Å²) in [5.74, 6) is 1.63. The van der Waals surface area contributed by atoms with Crippen molar-refractivity contribution in [2.75, 3.05) is 6.54 Å². The first-order valence-corrected chi connectivity index (χ1v) is 8.43. The molecule has 1 fully saturated rings. The van der Waals surface area contributed by atoms with Crippen molar-refractivity contribution in [1.82, 2.24) is 5.32 Å². The maximum absolute atomic E-state index is 12.1. The molecule has 0 aromatic heterocycles. The van der Waals surface area contributed by atoms with Gasteiger partial charge in [-0.15, -0.1) is 0 Å². The third kappa shape index (κ3) is 4.08. The summed E-state index contributed by atoms with van der Waals surface area (Å²) < 4.78 is 1.05. The minimum Gasteiger partial charge on any atom is -0.352 e. The first kappa shape index (κ1) is 15.6. The van der Waals surface area contributed by atoms with Crippen LogP contribution in [0.3, 0.4) is 0 Å². The number of carbonyl (C=O) groups is 1. The van der Waals surface area contributed by atoms with Crippen molar-refractivity contribution in [1.29, 1.82) is 0 Å². The van der Waals surface area contributed by atoms with Crippen LogP contribution in [0.2, 0.25) is 0 Å². The quantitative estimate of drug-likeness (QED) is 0.847. The van der Waals surface area contributed by atoms with E-state index in [1.165, 1.54) is 32.1 Å². The second kappa shape index (κ2) is 7.26. The van der Waals surface area contributed by atoms with Crippen molar-refractivity contribution in [3.63, 3.8) is 0 Å². The van der Waals surface area contributed by atoms with Gasteiger partial charge in [-0.05, 0) is 55.4 Å². The zero-order valence-corrected chi connectivity index (χ0v) is 14.0. The van der Waals surface area contributed by atoms with Crippen LogP contribution < -0.4 is 5.32 Å². The monoisotopic (exact) mass is 337 g/mol. The fraction of sp³-hybridized carbons (Fsp3) is 0.588. The number of hydrogen-bond acceptors (Lipinski definition) is 1. The van der Waals surface area contributed by atoms with E-state index < -0.39 is 0 Å². The van der Waals surface area contributed by atoms with E-state index in [4.69, 9.17) is 0 Å². The lowest BCUT2D eigenvalue weighted by molar-refractivity contribution is 0.0941. The first-order chi connectivity index (χ1) is 9.60. The van der Waals surface area contributed by atoms with Gasteiger partial charge >= 0.3 is 0 Å². The lowest BCUT2D eigenvalue weighted by Gasteiger charge is -2.27. The van der Waals surface area contributed by atoms with Gasteiger partial charge < -0.3 is 5.32 Å². The molecule has 1 aliphatic carbocycles. The highest BCUT2D eigenvalue weighted by atomic mass is 79.9.